The molecule has 38 heavy (non-hydrogen) atoms. The summed E-state index contributed by atoms with van der Waals surface area (Å²) in [6.07, 6.45) is 11.7. The number of Topliss-reactive ketones (excluding diaryl/α,β-unsaturated/α-hetero) is 1. The largest absolute Gasteiger partial charge is 0.512 e. The fraction of sp³-hybridized carbons (Fsp3) is 0.387. The Hall–Kier alpha value is -3.87. The SMILES string of the molecule is CCCCCCCCCCCC(=O)c1c(OC(=O)O)n(Cc2cccc(/C=C/C(=O)O)c2)c2ccccc12. The molecule has 2 aromatic carbocycles. The molecule has 0 amide bonds. The van der Waals surface area contributed by atoms with Gasteiger partial charge in [0, 0.05) is 17.9 Å². The van der Waals surface area contributed by atoms with Crippen molar-refractivity contribution >= 4 is 34.9 Å². The lowest BCUT2D eigenvalue weighted by Gasteiger charge is -2.11. The molecule has 1 heterocycles. The van der Waals surface area contributed by atoms with Crippen molar-refractivity contribution < 1.29 is 29.3 Å². The zero-order valence-electron chi connectivity index (χ0n) is 22.0. The Kier molecular flexibility index (Phi) is 11.1. The van der Waals surface area contributed by atoms with E-state index in [4.69, 9.17) is 9.84 Å². The maximum Gasteiger partial charge on any atom is 0.512 e. The van der Waals surface area contributed by atoms with Gasteiger partial charge in [0.05, 0.1) is 17.6 Å². The monoisotopic (exact) mass is 519 g/mol. The second kappa shape index (κ2) is 14.8. The highest BCUT2D eigenvalue weighted by atomic mass is 16.7. The number of hydrogen-bond donors (Lipinski definition) is 2. The van der Waals surface area contributed by atoms with Crippen LogP contribution in [0.3, 0.4) is 0 Å². The van der Waals surface area contributed by atoms with Gasteiger partial charge in [0.1, 0.15) is 0 Å². The summed E-state index contributed by atoms with van der Waals surface area (Å²) < 4.78 is 6.92. The van der Waals surface area contributed by atoms with Crippen molar-refractivity contribution in [2.24, 2.45) is 0 Å². The Morgan fingerprint density at radius 2 is 1.55 bits per heavy atom. The second-order valence-electron chi connectivity index (χ2n) is 9.57. The minimum absolute atomic E-state index is 0.0195. The van der Waals surface area contributed by atoms with Crippen LogP contribution < -0.4 is 4.74 Å². The first-order valence-corrected chi connectivity index (χ1v) is 13.5. The molecule has 0 aliphatic carbocycles. The van der Waals surface area contributed by atoms with Crippen LogP contribution in [0.4, 0.5) is 4.79 Å². The van der Waals surface area contributed by atoms with Gasteiger partial charge in [0.2, 0.25) is 5.88 Å². The van der Waals surface area contributed by atoms with Crippen molar-refractivity contribution in [2.45, 2.75) is 77.7 Å². The number of rotatable bonds is 16. The first-order valence-electron chi connectivity index (χ1n) is 13.5. The molecular formula is C31H37NO6. The van der Waals surface area contributed by atoms with Crippen LogP contribution in [0.5, 0.6) is 5.88 Å². The summed E-state index contributed by atoms with van der Waals surface area (Å²) in [6.45, 7) is 2.46. The first-order chi connectivity index (χ1) is 18.4. The van der Waals surface area contributed by atoms with Crippen LogP contribution in [0.25, 0.3) is 17.0 Å². The van der Waals surface area contributed by atoms with Gasteiger partial charge in [0.15, 0.2) is 5.78 Å². The third-order valence-electron chi connectivity index (χ3n) is 6.60. The van der Waals surface area contributed by atoms with E-state index in [1.54, 1.807) is 16.7 Å². The van der Waals surface area contributed by atoms with Crippen LogP contribution in [0, 0.1) is 0 Å². The normalized spacial score (nSPS) is 11.3. The zero-order valence-corrected chi connectivity index (χ0v) is 22.0. The molecule has 0 aliphatic rings. The quantitative estimate of drug-likeness (QED) is 0.0861. The highest BCUT2D eigenvalue weighted by Crippen LogP contribution is 2.35. The summed E-state index contributed by atoms with van der Waals surface area (Å²) in [5.74, 6) is -1.15. The number of benzene rings is 2. The summed E-state index contributed by atoms with van der Waals surface area (Å²) in [5.41, 5.74) is 2.50. The van der Waals surface area contributed by atoms with Crippen LogP contribution in [0.1, 0.15) is 92.6 Å². The van der Waals surface area contributed by atoms with Crippen molar-refractivity contribution in [3.63, 3.8) is 0 Å². The molecule has 7 nitrogen and oxygen atoms in total. The molecule has 3 aromatic rings. The fourth-order valence-corrected chi connectivity index (χ4v) is 4.76. The molecule has 3 rings (SSSR count). The van der Waals surface area contributed by atoms with Gasteiger partial charge < -0.3 is 19.5 Å². The number of unbranched alkanes of at least 4 members (excludes halogenated alkanes) is 8. The van der Waals surface area contributed by atoms with E-state index in [0.29, 0.717) is 28.5 Å². The lowest BCUT2D eigenvalue weighted by atomic mass is 10.0. The molecule has 0 saturated heterocycles. The van der Waals surface area contributed by atoms with Gasteiger partial charge >= 0.3 is 12.1 Å². The van der Waals surface area contributed by atoms with E-state index in [1.807, 2.05) is 36.4 Å². The number of carboxylic acids is 1. The summed E-state index contributed by atoms with van der Waals surface area (Å²) in [5, 5.41) is 19.1. The molecule has 0 spiro atoms. The number of fused-ring (bicyclic) bond motifs is 1. The van der Waals surface area contributed by atoms with Gasteiger partial charge in [0.25, 0.3) is 0 Å². The standard InChI is InChI=1S/C31H37NO6/c1-2-3-4-5-6-7-8-9-10-18-27(33)29-25-16-11-12-17-26(25)32(30(29)38-31(36)37)22-24-15-13-14-23(21-24)19-20-28(34)35/h11-17,19-21H,2-10,18,22H2,1H3,(H,34,35)(H,36,37)/b20-19+. The second-order valence-corrected chi connectivity index (χ2v) is 9.57. The number of carbonyl (C=O) groups excluding carboxylic acids is 1. The Morgan fingerprint density at radius 1 is 0.868 bits per heavy atom. The van der Waals surface area contributed by atoms with Crippen molar-refractivity contribution in [3.05, 3.63) is 71.3 Å². The number of aromatic nitrogens is 1. The maximum absolute atomic E-state index is 13.4. The topological polar surface area (TPSA) is 106 Å². The van der Waals surface area contributed by atoms with Gasteiger partial charge in [-0.05, 0) is 35.8 Å². The predicted molar refractivity (Wildman–Crippen MR) is 149 cm³/mol. The van der Waals surface area contributed by atoms with Gasteiger partial charge in [-0.1, -0.05) is 94.7 Å². The third kappa shape index (κ3) is 8.33. The van der Waals surface area contributed by atoms with Crippen LogP contribution in [-0.4, -0.2) is 32.7 Å². The van der Waals surface area contributed by atoms with Crippen LogP contribution in [-0.2, 0) is 11.3 Å². The Bertz CT molecular complexity index is 1270. The van der Waals surface area contributed by atoms with E-state index in [2.05, 4.69) is 6.92 Å². The number of ketones is 1. The maximum atomic E-state index is 13.4. The molecule has 2 N–H and O–H groups in total. The number of nitrogens with zero attached hydrogens (tertiary/aromatic N) is 1. The summed E-state index contributed by atoms with van der Waals surface area (Å²) >= 11 is 0. The van der Waals surface area contributed by atoms with Crippen molar-refractivity contribution in [1.29, 1.82) is 0 Å². The van der Waals surface area contributed by atoms with E-state index in [0.717, 1.165) is 30.9 Å². The molecule has 1 aromatic heterocycles. The van der Waals surface area contributed by atoms with E-state index in [1.165, 1.54) is 44.6 Å². The van der Waals surface area contributed by atoms with Crippen molar-refractivity contribution in [3.8, 4) is 5.88 Å². The Morgan fingerprint density at radius 3 is 2.24 bits per heavy atom. The van der Waals surface area contributed by atoms with Gasteiger partial charge in [-0.25, -0.2) is 9.59 Å². The molecule has 0 radical (unpaired) electrons. The van der Waals surface area contributed by atoms with Gasteiger partial charge in [-0.3, -0.25) is 4.79 Å². The Labute approximate surface area is 223 Å². The van der Waals surface area contributed by atoms with E-state index >= 15 is 0 Å². The zero-order chi connectivity index (χ0) is 27.3. The molecule has 0 fully saturated rings. The van der Waals surface area contributed by atoms with Crippen molar-refractivity contribution in [1.82, 2.24) is 4.57 Å². The minimum atomic E-state index is -1.48. The lowest BCUT2D eigenvalue weighted by molar-refractivity contribution is -0.131. The smallest absolute Gasteiger partial charge is 0.478 e. The van der Waals surface area contributed by atoms with Crippen LogP contribution in [0.2, 0.25) is 0 Å². The average Bonchev–Trinajstić information content (AvgIpc) is 3.19. The number of carboxylic acid groups (broad SMARTS) is 2. The first kappa shape index (κ1) is 28.7. The molecule has 0 unspecified atom stereocenters. The number of hydrogen-bond acceptors (Lipinski definition) is 4. The predicted octanol–water partition coefficient (Wildman–Crippen LogP) is 7.95. The van der Waals surface area contributed by atoms with Crippen LogP contribution in [0.15, 0.2) is 54.6 Å². The average molecular weight is 520 g/mol. The molecule has 0 saturated carbocycles. The lowest BCUT2D eigenvalue weighted by Crippen LogP contribution is -2.12. The minimum Gasteiger partial charge on any atom is -0.478 e. The van der Waals surface area contributed by atoms with Gasteiger partial charge in [-0.2, -0.15) is 0 Å². The molecular weight excluding hydrogens is 482 g/mol. The van der Waals surface area contributed by atoms with Crippen LogP contribution >= 0.6 is 0 Å². The van der Waals surface area contributed by atoms with E-state index < -0.39 is 12.1 Å². The van der Waals surface area contributed by atoms with E-state index in [-0.39, 0.29) is 18.2 Å². The van der Waals surface area contributed by atoms with E-state index in [9.17, 15) is 19.5 Å². The molecule has 202 valence electrons. The number of ether oxygens (including phenoxy) is 1. The molecule has 0 aliphatic heterocycles. The Balaban J connectivity index is 1.80. The summed E-state index contributed by atoms with van der Waals surface area (Å²) in [4.78, 5) is 35.9. The third-order valence-corrected chi connectivity index (χ3v) is 6.60. The fourth-order valence-electron chi connectivity index (χ4n) is 4.76. The van der Waals surface area contributed by atoms with Gasteiger partial charge in [-0.15, -0.1) is 0 Å². The molecule has 7 heteroatoms. The molecule has 0 bridgehead atoms. The number of carbonyl (C=O) groups is 3. The molecule has 0 atom stereocenters. The summed E-state index contributed by atoms with van der Waals surface area (Å²) in [6, 6.07) is 14.6. The number of para-hydroxylation sites is 1. The number of aliphatic carboxylic acids is 1. The highest BCUT2D eigenvalue weighted by Gasteiger charge is 2.25. The highest BCUT2D eigenvalue weighted by molar-refractivity contribution is 6.11. The summed E-state index contributed by atoms with van der Waals surface area (Å²) in [7, 11) is 0. The van der Waals surface area contributed by atoms with Crippen molar-refractivity contribution in [2.75, 3.05) is 0 Å².